The first kappa shape index (κ1) is 14.5. The van der Waals surface area contributed by atoms with Gasteiger partial charge in [-0.25, -0.2) is 0 Å². The Labute approximate surface area is 115 Å². The monoisotopic (exact) mass is 267 g/mol. The van der Waals surface area contributed by atoms with Gasteiger partial charge < -0.3 is 14.7 Å². The molecule has 0 spiro atoms. The zero-order valence-electron chi connectivity index (χ0n) is 12.2. The van der Waals surface area contributed by atoms with Crippen LogP contribution in [0.2, 0.25) is 0 Å². The van der Waals surface area contributed by atoms with Gasteiger partial charge in [0, 0.05) is 0 Å². The van der Waals surface area contributed by atoms with Crippen LogP contribution in [0.3, 0.4) is 0 Å². The van der Waals surface area contributed by atoms with Crippen LogP contribution in [0.4, 0.5) is 0 Å². The van der Waals surface area contributed by atoms with Crippen molar-refractivity contribution in [1.29, 1.82) is 0 Å². The highest BCUT2D eigenvalue weighted by molar-refractivity contribution is 5.88. The molecule has 0 unspecified atom stereocenters. The molecule has 2 aliphatic rings. The van der Waals surface area contributed by atoms with Gasteiger partial charge in [0.15, 0.2) is 0 Å². The largest absolute Gasteiger partial charge is 0.392 e. The number of hydrogen-bond acceptors (Lipinski definition) is 3. The molecule has 0 aliphatic carbocycles. The third kappa shape index (κ3) is 2.11. The molecule has 2 fully saturated rings. The summed E-state index contributed by atoms with van der Waals surface area (Å²) >= 11 is 0. The van der Waals surface area contributed by atoms with Gasteiger partial charge in [0.1, 0.15) is 5.72 Å². The molecule has 2 aliphatic heterocycles. The quantitative estimate of drug-likeness (QED) is 0.613. The van der Waals surface area contributed by atoms with Gasteiger partial charge >= 0.3 is 0 Å². The van der Waals surface area contributed by atoms with Gasteiger partial charge in [-0.3, -0.25) is 4.79 Å². The van der Waals surface area contributed by atoms with E-state index in [-0.39, 0.29) is 17.9 Å². The Hall–Kier alpha value is -0.870. The Balaban J connectivity index is 2.29. The van der Waals surface area contributed by atoms with Crippen molar-refractivity contribution in [3.63, 3.8) is 0 Å². The van der Waals surface area contributed by atoms with Gasteiger partial charge in [-0.2, -0.15) is 0 Å². The third-order valence-corrected chi connectivity index (χ3v) is 4.33. The molecule has 0 aromatic carbocycles. The van der Waals surface area contributed by atoms with Crippen molar-refractivity contribution < 1.29 is 14.6 Å². The zero-order valence-corrected chi connectivity index (χ0v) is 12.2. The normalized spacial score (nSPS) is 30.8. The van der Waals surface area contributed by atoms with Crippen LogP contribution in [0.15, 0.2) is 12.2 Å². The zero-order chi connectivity index (χ0) is 14.2. The van der Waals surface area contributed by atoms with E-state index in [1.165, 1.54) is 0 Å². The standard InChI is InChI=1S/C15H25NO3/c1-5-7-15(8-6-2)16-13(10(3)9-19-15)12(11(4)17)14(16)18/h11-13,17H,3,5-9H2,1-2,4H3/t11-,12-,13-/m1/s1. The number of rotatable bonds is 5. The lowest BCUT2D eigenvalue weighted by Crippen LogP contribution is -2.75. The second-order valence-electron chi connectivity index (χ2n) is 5.81. The first-order valence-corrected chi connectivity index (χ1v) is 7.31. The van der Waals surface area contributed by atoms with Gasteiger partial charge in [-0.05, 0) is 25.3 Å². The molecule has 0 aromatic rings. The number of fused-ring (bicyclic) bond motifs is 1. The van der Waals surface area contributed by atoms with Crippen molar-refractivity contribution in [3.05, 3.63) is 12.2 Å². The molecule has 108 valence electrons. The van der Waals surface area contributed by atoms with Crippen LogP contribution < -0.4 is 0 Å². The smallest absolute Gasteiger partial charge is 0.233 e. The summed E-state index contributed by atoms with van der Waals surface area (Å²) in [5.74, 6) is -0.313. The average molecular weight is 267 g/mol. The summed E-state index contributed by atoms with van der Waals surface area (Å²) in [6.45, 7) is 10.4. The fourth-order valence-corrected chi connectivity index (χ4v) is 3.55. The van der Waals surface area contributed by atoms with Gasteiger partial charge in [0.05, 0.1) is 24.7 Å². The predicted molar refractivity (Wildman–Crippen MR) is 73.4 cm³/mol. The molecule has 3 atom stereocenters. The average Bonchev–Trinajstić information content (AvgIpc) is 2.32. The molecular formula is C15H25NO3. The number of β-lactam (4-membered cyclic amide) rings is 1. The number of hydrogen-bond donors (Lipinski definition) is 1. The number of ether oxygens (including phenoxy) is 1. The van der Waals surface area contributed by atoms with Crippen molar-refractivity contribution in [2.75, 3.05) is 6.61 Å². The molecule has 0 saturated carbocycles. The summed E-state index contributed by atoms with van der Waals surface area (Å²) in [7, 11) is 0. The Bertz CT molecular complexity index is 372. The first-order chi connectivity index (χ1) is 8.98. The van der Waals surface area contributed by atoms with Crippen LogP contribution in [-0.4, -0.2) is 40.4 Å². The lowest BCUT2D eigenvalue weighted by atomic mass is 9.75. The Morgan fingerprint density at radius 1 is 1.47 bits per heavy atom. The maximum absolute atomic E-state index is 12.4. The molecular weight excluding hydrogens is 242 g/mol. The number of carbonyl (C=O) groups is 1. The number of amides is 1. The Kier molecular flexibility index (Phi) is 4.02. The van der Waals surface area contributed by atoms with Crippen molar-refractivity contribution >= 4 is 5.91 Å². The van der Waals surface area contributed by atoms with E-state index in [1.807, 2.05) is 4.90 Å². The molecule has 4 nitrogen and oxygen atoms in total. The molecule has 2 rings (SSSR count). The molecule has 2 heterocycles. The van der Waals surface area contributed by atoms with Crippen molar-refractivity contribution in [1.82, 2.24) is 4.90 Å². The summed E-state index contributed by atoms with van der Waals surface area (Å²) in [5.41, 5.74) is 0.436. The molecule has 0 radical (unpaired) electrons. The highest BCUT2D eigenvalue weighted by Crippen LogP contribution is 2.47. The summed E-state index contributed by atoms with van der Waals surface area (Å²) in [4.78, 5) is 14.2. The van der Waals surface area contributed by atoms with Crippen LogP contribution in [0.5, 0.6) is 0 Å². The Morgan fingerprint density at radius 2 is 2.05 bits per heavy atom. The maximum atomic E-state index is 12.4. The van der Waals surface area contributed by atoms with E-state index in [0.717, 1.165) is 31.3 Å². The second-order valence-corrected chi connectivity index (χ2v) is 5.81. The van der Waals surface area contributed by atoms with Gasteiger partial charge in [0.2, 0.25) is 5.91 Å². The van der Waals surface area contributed by atoms with Crippen molar-refractivity contribution in [3.8, 4) is 0 Å². The SMILES string of the molecule is C=C1COC(CCC)(CCC)N2C(=O)[C@H]([C@@H](C)O)[C@@H]12. The fraction of sp³-hybridized carbons (Fsp3) is 0.800. The van der Waals surface area contributed by atoms with Crippen LogP contribution in [0.25, 0.3) is 0 Å². The molecule has 0 aromatic heterocycles. The second kappa shape index (κ2) is 5.25. The Morgan fingerprint density at radius 3 is 2.53 bits per heavy atom. The maximum Gasteiger partial charge on any atom is 0.233 e. The van der Waals surface area contributed by atoms with Crippen molar-refractivity contribution in [2.45, 2.75) is 64.3 Å². The number of carbonyl (C=O) groups excluding carboxylic acids is 1. The highest BCUT2D eigenvalue weighted by atomic mass is 16.5. The number of aliphatic hydroxyl groups excluding tert-OH is 1. The molecule has 4 heteroatoms. The van der Waals surface area contributed by atoms with Crippen LogP contribution in [0.1, 0.15) is 46.5 Å². The van der Waals surface area contributed by atoms with Gasteiger partial charge in [-0.15, -0.1) is 0 Å². The molecule has 19 heavy (non-hydrogen) atoms. The van der Waals surface area contributed by atoms with Gasteiger partial charge in [0.25, 0.3) is 0 Å². The number of aliphatic hydroxyl groups is 1. The summed E-state index contributed by atoms with van der Waals surface area (Å²) in [6.07, 6.45) is 3.03. The van der Waals surface area contributed by atoms with E-state index < -0.39 is 11.8 Å². The van der Waals surface area contributed by atoms with E-state index in [0.29, 0.717) is 6.61 Å². The number of nitrogens with zero attached hydrogens (tertiary/aromatic N) is 1. The van der Waals surface area contributed by atoms with E-state index in [9.17, 15) is 9.90 Å². The molecule has 1 N–H and O–H groups in total. The summed E-state index contributed by atoms with van der Waals surface area (Å²) in [6, 6.07) is -0.0423. The minimum absolute atomic E-state index is 0.0164. The first-order valence-electron chi connectivity index (χ1n) is 7.31. The summed E-state index contributed by atoms with van der Waals surface area (Å²) in [5, 5.41) is 9.80. The molecule has 0 bridgehead atoms. The molecule has 1 amide bonds. The summed E-state index contributed by atoms with van der Waals surface area (Å²) < 4.78 is 6.02. The molecule has 2 saturated heterocycles. The van der Waals surface area contributed by atoms with E-state index in [2.05, 4.69) is 20.4 Å². The highest BCUT2D eigenvalue weighted by Gasteiger charge is 2.60. The fourth-order valence-electron chi connectivity index (χ4n) is 3.55. The third-order valence-electron chi connectivity index (χ3n) is 4.33. The van der Waals surface area contributed by atoms with E-state index >= 15 is 0 Å². The van der Waals surface area contributed by atoms with Crippen LogP contribution in [0, 0.1) is 5.92 Å². The topological polar surface area (TPSA) is 49.8 Å². The van der Waals surface area contributed by atoms with Crippen LogP contribution >= 0.6 is 0 Å². The minimum Gasteiger partial charge on any atom is -0.392 e. The van der Waals surface area contributed by atoms with Crippen molar-refractivity contribution in [2.24, 2.45) is 5.92 Å². The van der Waals surface area contributed by atoms with Gasteiger partial charge in [-0.1, -0.05) is 33.3 Å². The van der Waals surface area contributed by atoms with E-state index in [4.69, 9.17) is 4.74 Å². The lowest BCUT2D eigenvalue weighted by Gasteiger charge is -2.61. The predicted octanol–water partition coefficient (Wildman–Crippen LogP) is 2.08. The van der Waals surface area contributed by atoms with Crippen LogP contribution in [-0.2, 0) is 9.53 Å². The van der Waals surface area contributed by atoms with E-state index in [1.54, 1.807) is 6.92 Å². The minimum atomic E-state index is -0.621. The lowest BCUT2D eigenvalue weighted by molar-refractivity contribution is -0.241.